The summed E-state index contributed by atoms with van der Waals surface area (Å²) in [6.45, 7) is 7.41. The summed E-state index contributed by atoms with van der Waals surface area (Å²) < 4.78 is 5.31. The van der Waals surface area contributed by atoms with Crippen molar-refractivity contribution < 1.29 is 9.53 Å². The number of piperidine rings is 1. The van der Waals surface area contributed by atoms with Gasteiger partial charge in [0.15, 0.2) is 0 Å². The van der Waals surface area contributed by atoms with Gasteiger partial charge >= 0.3 is 0 Å². The third kappa shape index (κ3) is 5.38. The van der Waals surface area contributed by atoms with Crippen molar-refractivity contribution in [1.82, 2.24) is 15.5 Å². The fraction of sp³-hybridized carbons (Fsp3) is 0.933. The lowest BCUT2D eigenvalue weighted by Crippen LogP contribution is -2.50. The lowest BCUT2D eigenvalue weighted by molar-refractivity contribution is -0.123. The fourth-order valence-corrected chi connectivity index (χ4v) is 3.03. The second-order valence-corrected chi connectivity index (χ2v) is 5.98. The molecule has 2 N–H and O–H groups in total. The minimum Gasteiger partial charge on any atom is -0.381 e. The summed E-state index contributed by atoms with van der Waals surface area (Å²) in [6, 6.07) is 0.870. The first-order chi connectivity index (χ1) is 9.78. The molecule has 0 radical (unpaired) electrons. The number of nitrogens with zero attached hydrogens (tertiary/aromatic N) is 1. The molecule has 2 heterocycles. The zero-order valence-corrected chi connectivity index (χ0v) is 12.7. The van der Waals surface area contributed by atoms with Gasteiger partial charge < -0.3 is 15.4 Å². The minimum atomic E-state index is 0.174. The Hall–Kier alpha value is -0.650. The molecule has 0 saturated carbocycles. The summed E-state index contributed by atoms with van der Waals surface area (Å²) in [7, 11) is 0. The summed E-state index contributed by atoms with van der Waals surface area (Å²) in [5.41, 5.74) is 0. The first-order valence-corrected chi connectivity index (χ1v) is 8.10. The minimum absolute atomic E-state index is 0.174. The molecular weight excluding hydrogens is 254 g/mol. The molecule has 0 aromatic heterocycles. The van der Waals surface area contributed by atoms with Gasteiger partial charge in [0.25, 0.3) is 0 Å². The van der Waals surface area contributed by atoms with Crippen molar-refractivity contribution >= 4 is 5.91 Å². The second kappa shape index (κ2) is 8.60. The van der Waals surface area contributed by atoms with E-state index in [1.165, 1.54) is 19.3 Å². The zero-order chi connectivity index (χ0) is 14.2. The molecule has 0 spiro atoms. The number of carbonyl (C=O) groups is 1. The number of rotatable bonds is 6. The lowest BCUT2D eigenvalue weighted by atomic mass is 10.1. The normalized spacial score (nSPS) is 25.6. The van der Waals surface area contributed by atoms with Crippen LogP contribution >= 0.6 is 0 Å². The van der Waals surface area contributed by atoms with Gasteiger partial charge in [-0.3, -0.25) is 9.69 Å². The molecular formula is C15H29N3O2. The van der Waals surface area contributed by atoms with Gasteiger partial charge in [-0.1, -0.05) is 6.92 Å². The fourth-order valence-electron chi connectivity index (χ4n) is 3.03. The standard InChI is InChI=1S/C15H29N3O2/c1-2-7-16-14-4-3-8-18(11-14)12-15(19)17-13-5-9-20-10-6-13/h13-14,16H,2-12H2,1H3,(H,17,19). The summed E-state index contributed by atoms with van der Waals surface area (Å²) in [5.74, 6) is 0.174. The van der Waals surface area contributed by atoms with E-state index in [0.29, 0.717) is 18.6 Å². The predicted molar refractivity (Wildman–Crippen MR) is 79.7 cm³/mol. The van der Waals surface area contributed by atoms with Crippen molar-refractivity contribution in [2.45, 2.75) is 51.1 Å². The van der Waals surface area contributed by atoms with Crippen LogP contribution in [0, 0.1) is 0 Å². The Morgan fingerprint density at radius 1 is 1.25 bits per heavy atom. The first-order valence-electron chi connectivity index (χ1n) is 8.10. The number of hydrogen-bond acceptors (Lipinski definition) is 4. The van der Waals surface area contributed by atoms with Crippen LogP contribution < -0.4 is 10.6 Å². The maximum Gasteiger partial charge on any atom is 0.234 e. The lowest BCUT2D eigenvalue weighted by Gasteiger charge is -2.33. The van der Waals surface area contributed by atoms with Crippen LogP contribution in [0.4, 0.5) is 0 Å². The summed E-state index contributed by atoms with van der Waals surface area (Å²) in [6.07, 6.45) is 5.49. The van der Waals surface area contributed by atoms with Crippen LogP contribution in [0.3, 0.4) is 0 Å². The van der Waals surface area contributed by atoms with Gasteiger partial charge in [-0.15, -0.1) is 0 Å². The molecule has 0 aromatic carbocycles. The summed E-state index contributed by atoms with van der Waals surface area (Å²) in [5, 5.41) is 6.71. The van der Waals surface area contributed by atoms with Crippen LogP contribution in [-0.4, -0.2) is 62.3 Å². The van der Waals surface area contributed by atoms with Gasteiger partial charge in [0, 0.05) is 31.8 Å². The molecule has 20 heavy (non-hydrogen) atoms. The number of carbonyl (C=O) groups excluding carboxylic acids is 1. The van der Waals surface area contributed by atoms with E-state index in [1.54, 1.807) is 0 Å². The van der Waals surface area contributed by atoms with Crippen LogP contribution in [0.25, 0.3) is 0 Å². The van der Waals surface area contributed by atoms with Crippen molar-refractivity contribution in [2.75, 3.05) is 39.4 Å². The molecule has 2 rings (SSSR count). The Kier molecular flexibility index (Phi) is 6.76. The molecule has 0 aliphatic carbocycles. The van der Waals surface area contributed by atoms with Gasteiger partial charge in [-0.05, 0) is 45.2 Å². The van der Waals surface area contributed by atoms with Gasteiger partial charge in [-0.2, -0.15) is 0 Å². The molecule has 0 bridgehead atoms. The zero-order valence-electron chi connectivity index (χ0n) is 12.7. The smallest absolute Gasteiger partial charge is 0.234 e. The Bertz CT molecular complexity index is 293. The third-order valence-corrected chi connectivity index (χ3v) is 4.14. The van der Waals surface area contributed by atoms with Crippen molar-refractivity contribution in [1.29, 1.82) is 0 Å². The van der Waals surface area contributed by atoms with E-state index in [4.69, 9.17) is 4.74 Å². The van der Waals surface area contributed by atoms with Gasteiger partial charge in [0.1, 0.15) is 0 Å². The van der Waals surface area contributed by atoms with E-state index in [2.05, 4.69) is 22.5 Å². The highest BCUT2D eigenvalue weighted by atomic mass is 16.5. The van der Waals surface area contributed by atoms with Crippen LogP contribution in [0.2, 0.25) is 0 Å². The van der Waals surface area contributed by atoms with Crippen LogP contribution in [-0.2, 0) is 9.53 Å². The number of hydrogen-bond donors (Lipinski definition) is 2. The van der Waals surface area contributed by atoms with E-state index in [0.717, 1.165) is 45.7 Å². The maximum absolute atomic E-state index is 12.1. The molecule has 116 valence electrons. The van der Waals surface area contributed by atoms with E-state index in [1.807, 2.05) is 0 Å². The Balaban J connectivity index is 1.67. The number of likely N-dealkylation sites (tertiary alicyclic amines) is 1. The van der Waals surface area contributed by atoms with Crippen molar-refractivity contribution in [2.24, 2.45) is 0 Å². The molecule has 1 amide bonds. The van der Waals surface area contributed by atoms with Gasteiger partial charge in [0.05, 0.1) is 6.54 Å². The molecule has 2 saturated heterocycles. The third-order valence-electron chi connectivity index (χ3n) is 4.14. The summed E-state index contributed by atoms with van der Waals surface area (Å²) in [4.78, 5) is 14.4. The van der Waals surface area contributed by atoms with Crippen LogP contribution in [0.1, 0.15) is 39.0 Å². The summed E-state index contributed by atoms with van der Waals surface area (Å²) >= 11 is 0. The predicted octanol–water partition coefficient (Wildman–Crippen LogP) is 0.746. The molecule has 2 aliphatic rings. The maximum atomic E-state index is 12.1. The molecule has 2 fully saturated rings. The Morgan fingerprint density at radius 2 is 2.05 bits per heavy atom. The topological polar surface area (TPSA) is 53.6 Å². The quantitative estimate of drug-likeness (QED) is 0.755. The molecule has 5 heteroatoms. The van der Waals surface area contributed by atoms with Gasteiger partial charge in [0.2, 0.25) is 5.91 Å². The Morgan fingerprint density at radius 3 is 2.80 bits per heavy atom. The van der Waals surface area contributed by atoms with Crippen molar-refractivity contribution in [3.8, 4) is 0 Å². The van der Waals surface area contributed by atoms with Crippen molar-refractivity contribution in [3.05, 3.63) is 0 Å². The molecule has 1 atom stereocenters. The molecule has 5 nitrogen and oxygen atoms in total. The van der Waals surface area contributed by atoms with Crippen LogP contribution in [0.5, 0.6) is 0 Å². The average Bonchev–Trinajstić information content (AvgIpc) is 2.46. The Labute approximate surface area is 122 Å². The van der Waals surface area contributed by atoms with Crippen molar-refractivity contribution in [3.63, 3.8) is 0 Å². The highest BCUT2D eigenvalue weighted by Crippen LogP contribution is 2.10. The number of nitrogens with one attached hydrogen (secondary N) is 2. The second-order valence-electron chi connectivity index (χ2n) is 5.98. The average molecular weight is 283 g/mol. The number of ether oxygens (including phenoxy) is 1. The molecule has 1 unspecified atom stereocenters. The van der Waals surface area contributed by atoms with E-state index >= 15 is 0 Å². The van der Waals surface area contributed by atoms with E-state index in [-0.39, 0.29) is 5.91 Å². The molecule has 2 aliphatic heterocycles. The highest BCUT2D eigenvalue weighted by Gasteiger charge is 2.22. The molecule has 0 aromatic rings. The van der Waals surface area contributed by atoms with Gasteiger partial charge in [-0.25, -0.2) is 0 Å². The monoisotopic (exact) mass is 283 g/mol. The van der Waals surface area contributed by atoms with E-state index < -0.39 is 0 Å². The largest absolute Gasteiger partial charge is 0.381 e. The first kappa shape index (κ1) is 15.7. The van der Waals surface area contributed by atoms with Crippen LogP contribution in [0.15, 0.2) is 0 Å². The SMILES string of the molecule is CCCNC1CCCN(CC(=O)NC2CCOCC2)C1. The number of amides is 1. The highest BCUT2D eigenvalue weighted by molar-refractivity contribution is 5.78. The van der Waals surface area contributed by atoms with E-state index in [9.17, 15) is 4.79 Å².